The molecule has 0 atom stereocenters. The molecule has 6 aromatic carbocycles. The number of imidazole rings is 1. The van der Waals surface area contributed by atoms with Crippen molar-refractivity contribution in [2.45, 2.75) is 13.2 Å². The lowest BCUT2D eigenvalue weighted by molar-refractivity contribution is 0.750. The first-order valence-corrected chi connectivity index (χ1v) is 16.8. The Balaban J connectivity index is 1.46. The van der Waals surface area contributed by atoms with E-state index in [1.54, 1.807) is 0 Å². The van der Waals surface area contributed by atoms with Crippen molar-refractivity contribution >= 4 is 34.6 Å². The summed E-state index contributed by atoms with van der Waals surface area (Å²) >= 11 is 13.5. The van der Waals surface area contributed by atoms with Crippen molar-refractivity contribution < 1.29 is 0 Å². The summed E-state index contributed by atoms with van der Waals surface area (Å²) in [6.07, 6.45) is 0. The van der Waals surface area contributed by atoms with Gasteiger partial charge in [0.05, 0.1) is 34.4 Å². The van der Waals surface area contributed by atoms with E-state index >= 15 is 0 Å². The van der Waals surface area contributed by atoms with Crippen molar-refractivity contribution in [2.75, 3.05) is 0 Å². The van der Waals surface area contributed by atoms with Gasteiger partial charge in [-0.05, 0) is 23.8 Å². The molecule has 0 spiro atoms. The van der Waals surface area contributed by atoms with Gasteiger partial charge in [-0.3, -0.25) is 9.98 Å². The molecule has 0 unspecified atom stereocenters. The molecule has 238 valence electrons. The minimum Gasteiger partial charge on any atom is -0.303 e. The lowest BCUT2D eigenvalue weighted by Crippen LogP contribution is -2.19. The molecule has 7 aromatic rings. The summed E-state index contributed by atoms with van der Waals surface area (Å²) in [5.74, 6) is 0.730. The first-order valence-electron chi connectivity index (χ1n) is 16.1. The molecular formula is C43H32Cl2N4. The van der Waals surface area contributed by atoms with Gasteiger partial charge in [0.25, 0.3) is 0 Å². The van der Waals surface area contributed by atoms with E-state index in [-0.39, 0.29) is 6.67 Å². The van der Waals surface area contributed by atoms with Gasteiger partial charge in [-0.15, -0.1) is 0 Å². The van der Waals surface area contributed by atoms with Crippen molar-refractivity contribution in [2.24, 2.45) is 9.98 Å². The van der Waals surface area contributed by atoms with Gasteiger partial charge in [0.2, 0.25) is 0 Å². The number of hydrogen-bond donors (Lipinski definition) is 0. The molecule has 49 heavy (non-hydrogen) atoms. The highest BCUT2D eigenvalue weighted by atomic mass is 35.5. The fourth-order valence-corrected chi connectivity index (χ4v) is 6.27. The first-order chi connectivity index (χ1) is 24.2. The Morgan fingerprint density at radius 1 is 0.510 bits per heavy atom. The van der Waals surface area contributed by atoms with Crippen LogP contribution in [0.25, 0.3) is 33.9 Å². The Labute approximate surface area is 296 Å². The summed E-state index contributed by atoms with van der Waals surface area (Å²) in [4.78, 5) is 15.9. The molecule has 4 nitrogen and oxygen atoms in total. The molecule has 1 heterocycles. The maximum atomic E-state index is 6.87. The van der Waals surface area contributed by atoms with Crippen LogP contribution in [0.3, 0.4) is 0 Å². The van der Waals surface area contributed by atoms with Crippen molar-refractivity contribution in [3.05, 3.63) is 197 Å². The van der Waals surface area contributed by atoms with Gasteiger partial charge < -0.3 is 4.57 Å². The highest BCUT2D eigenvalue weighted by Gasteiger charge is 2.23. The van der Waals surface area contributed by atoms with E-state index in [1.807, 2.05) is 121 Å². The van der Waals surface area contributed by atoms with Gasteiger partial charge in [-0.25, -0.2) is 4.98 Å². The molecule has 0 fully saturated rings. The summed E-state index contributed by atoms with van der Waals surface area (Å²) in [6, 6.07) is 56.6. The number of rotatable bonds is 10. The Bertz CT molecular complexity index is 2230. The molecule has 0 aliphatic rings. The Morgan fingerprint density at radius 2 is 1.00 bits per heavy atom. The van der Waals surface area contributed by atoms with E-state index in [4.69, 9.17) is 38.2 Å². The Kier molecular flexibility index (Phi) is 9.88. The van der Waals surface area contributed by atoms with E-state index < -0.39 is 0 Å². The van der Waals surface area contributed by atoms with Crippen LogP contribution in [-0.4, -0.2) is 21.0 Å². The number of nitrogens with zero attached hydrogens (tertiary/aromatic N) is 4. The van der Waals surface area contributed by atoms with Crippen LogP contribution in [0.15, 0.2) is 180 Å². The third-order valence-corrected chi connectivity index (χ3v) is 8.93. The average Bonchev–Trinajstić information content (AvgIpc) is 3.54. The van der Waals surface area contributed by atoms with Gasteiger partial charge in [0, 0.05) is 32.8 Å². The zero-order valence-corrected chi connectivity index (χ0v) is 28.1. The molecule has 7 rings (SSSR count). The molecule has 0 N–H and O–H groups in total. The molecule has 0 saturated heterocycles. The molecule has 0 aliphatic carbocycles. The van der Waals surface area contributed by atoms with E-state index in [0.29, 0.717) is 16.6 Å². The van der Waals surface area contributed by atoms with E-state index in [1.165, 1.54) is 0 Å². The smallest absolute Gasteiger partial charge is 0.144 e. The molecular weight excluding hydrogens is 643 g/mol. The topological polar surface area (TPSA) is 42.5 Å². The second-order valence-electron chi connectivity index (χ2n) is 11.4. The average molecular weight is 676 g/mol. The molecule has 1 aromatic heterocycles. The van der Waals surface area contributed by atoms with E-state index in [0.717, 1.165) is 62.0 Å². The summed E-state index contributed by atoms with van der Waals surface area (Å²) in [5.41, 5.74) is 9.06. The van der Waals surface area contributed by atoms with Crippen LogP contribution in [-0.2, 0) is 13.2 Å². The zero-order chi connectivity index (χ0) is 33.4. The van der Waals surface area contributed by atoms with Gasteiger partial charge in [0.15, 0.2) is 0 Å². The maximum absolute atomic E-state index is 6.87. The van der Waals surface area contributed by atoms with Crippen LogP contribution < -0.4 is 0 Å². The monoisotopic (exact) mass is 674 g/mol. The lowest BCUT2D eigenvalue weighted by atomic mass is 9.99. The molecule has 0 amide bonds. The fourth-order valence-electron chi connectivity index (χ4n) is 5.85. The minimum absolute atomic E-state index is 0.257. The van der Waals surface area contributed by atoms with Crippen molar-refractivity contribution in [3.63, 3.8) is 0 Å². The molecule has 0 aliphatic heterocycles. The number of aromatic nitrogens is 2. The highest BCUT2D eigenvalue weighted by molar-refractivity contribution is 6.53. The highest BCUT2D eigenvalue weighted by Crippen LogP contribution is 2.38. The summed E-state index contributed by atoms with van der Waals surface area (Å²) in [7, 11) is 0. The minimum atomic E-state index is 0.257. The zero-order valence-electron chi connectivity index (χ0n) is 26.6. The van der Waals surface area contributed by atoms with Gasteiger partial charge in [0.1, 0.15) is 12.5 Å². The maximum Gasteiger partial charge on any atom is 0.144 e. The first kappa shape index (κ1) is 32.0. The number of aliphatic imine (C=N–C) groups is 2. The Hall–Kier alpha value is -5.55. The van der Waals surface area contributed by atoms with Crippen LogP contribution in [0, 0.1) is 0 Å². The third-order valence-electron chi connectivity index (χ3n) is 8.23. The lowest BCUT2D eigenvalue weighted by Gasteiger charge is -2.16. The number of halogens is 2. The van der Waals surface area contributed by atoms with Gasteiger partial charge in [-0.1, -0.05) is 175 Å². The number of benzene rings is 6. The van der Waals surface area contributed by atoms with Gasteiger partial charge in [-0.2, -0.15) is 0 Å². The van der Waals surface area contributed by atoms with Gasteiger partial charge >= 0.3 is 0 Å². The largest absolute Gasteiger partial charge is 0.303 e. The van der Waals surface area contributed by atoms with Crippen LogP contribution in [0.2, 0.25) is 10.0 Å². The van der Waals surface area contributed by atoms with E-state index in [2.05, 4.69) is 53.1 Å². The third kappa shape index (κ3) is 7.17. The molecule has 0 radical (unpaired) electrons. The predicted molar refractivity (Wildman–Crippen MR) is 205 cm³/mol. The van der Waals surface area contributed by atoms with Crippen molar-refractivity contribution in [1.29, 1.82) is 0 Å². The van der Waals surface area contributed by atoms with Crippen LogP contribution in [0.1, 0.15) is 16.7 Å². The summed E-state index contributed by atoms with van der Waals surface area (Å²) in [5, 5.41) is 1.30. The Morgan fingerprint density at radius 3 is 1.59 bits per heavy atom. The summed E-state index contributed by atoms with van der Waals surface area (Å²) in [6.45, 7) is 0.659. The van der Waals surface area contributed by atoms with Crippen LogP contribution >= 0.6 is 23.2 Å². The predicted octanol–water partition coefficient (Wildman–Crippen LogP) is 11.3. The van der Waals surface area contributed by atoms with Crippen molar-refractivity contribution in [3.8, 4) is 33.9 Å². The van der Waals surface area contributed by atoms with E-state index in [9.17, 15) is 0 Å². The normalized spacial score (nSPS) is 11.9. The fraction of sp³-hybridized carbons (Fsp3) is 0.0465. The molecule has 0 bridgehead atoms. The molecule has 6 heteroatoms. The van der Waals surface area contributed by atoms with Crippen LogP contribution in [0.4, 0.5) is 0 Å². The van der Waals surface area contributed by atoms with Crippen LogP contribution in [0.5, 0.6) is 0 Å². The molecule has 0 saturated carbocycles. The second kappa shape index (κ2) is 15.1. The number of hydrogen-bond acceptors (Lipinski definition) is 3. The SMILES string of the molecule is Clc1ccccc1C/N=C(\C(=N/Cn1c(-c2ccccc2Cl)nc(-c2ccccc2)c1-c1ccccc1)c1ccccc1)c1ccccc1. The summed E-state index contributed by atoms with van der Waals surface area (Å²) < 4.78 is 2.17. The quantitative estimate of drug-likeness (QED) is 0.133. The second-order valence-corrected chi connectivity index (χ2v) is 12.2. The standard InChI is InChI=1S/C43H32Cl2N4/c44-37-27-15-13-25-35(37)29-46-39(31-17-5-1-6-18-31)40(32-19-7-2-8-20-32)47-30-49-42(34-23-11-4-12-24-34)41(33-21-9-3-10-22-33)48-43(49)36-26-14-16-28-38(36)45/h1-28H,29-30H2/b46-39-,47-40-. The van der Waals surface area contributed by atoms with Crippen molar-refractivity contribution in [1.82, 2.24) is 9.55 Å².